The van der Waals surface area contributed by atoms with Crippen molar-refractivity contribution in [1.29, 1.82) is 0 Å². The highest BCUT2D eigenvalue weighted by Gasteiger charge is 2.12. The first-order valence-corrected chi connectivity index (χ1v) is 8.66. The maximum absolute atomic E-state index is 2.38. The normalized spacial score (nSPS) is 11.7. The topological polar surface area (TPSA) is 4.93 Å². The summed E-state index contributed by atoms with van der Waals surface area (Å²) in [5, 5.41) is 2.67. The number of hydrogen-bond donors (Lipinski definition) is 0. The van der Waals surface area contributed by atoms with E-state index in [1.165, 1.54) is 44.2 Å². The molecular weight excluding hydrogens is 290 g/mol. The minimum atomic E-state index is 0.558. The number of aryl methyl sites for hydroxylation is 2. The standard InChI is InChI=1S/C23H23N/c1-15(2)18-7-9-19(10-8-18)24-22-11-5-16(3)13-20(22)21-14-17(4)6-12-23(21)24/h5-15H,1-4H3. The average Bonchev–Trinajstić information content (AvgIpc) is 2.88. The van der Waals surface area contributed by atoms with Gasteiger partial charge in [0.05, 0.1) is 11.0 Å². The van der Waals surface area contributed by atoms with Crippen molar-refractivity contribution in [3.8, 4) is 5.69 Å². The third-order valence-electron chi connectivity index (χ3n) is 4.89. The molecule has 0 saturated heterocycles. The van der Waals surface area contributed by atoms with Crippen molar-refractivity contribution < 1.29 is 0 Å². The summed E-state index contributed by atoms with van der Waals surface area (Å²) in [5.41, 5.74) is 7.77. The fourth-order valence-corrected chi connectivity index (χ4v) is 3.54. The molecule has 1 nitrogen and oxygen atoms in total. The number of rotatable bonds is 2. The second-order valence-electron chi connectivity index (χ2n) is 7.12. The van der Waals surface area contributed by atoms with E-state index in [9.17, 15) is 0 Å². The first-order valence-electron chi connectivity index (χ1n) is 8.66. The summed E-state index contributed by atoms with van der Waals surface area (Å²) in [6.07, 6.45) is 0. The zero-order valence-corrected chi connectivity index (χ0v) is 14.8. The molecule has 0 aliphatic carbocycles. The molecule has 120 valence electrons. The van der Waals surface area contributed by atoms with E-state index in [4.69, 9.17) is 0 Å². The van der Waals surface area contributed by atoms with Gasteiger partial charge >= 0.3 is 0 Å². The molecule has 0 aliphatic heterocycles. The Bertz CT molecular complexity index is 974. The van der Waals surface area contributed by atoms with Crippen molar-refractivity contribution in [3.63, 3.8) is 0 Å². The van der Waals surface area contributed by atoms with Crippen LogP contribution in [-0.2, 0) is 0 Å². The Labute approximate surface area is 143 Å². The van der Waals surface area contributed by atoms with Gasteiger partial charge in [-0.3, -0.25) is 0 Å². The van der Waals surface area contributed by atoms with Crippen LogP contribution in [0.15, 0.2) is 60.7 Å². The van der Waals surface area contributed by atoms with E-state index in [-0.39, 0.29) is 0 Å². The Morgan fingerprint density at radius 1 is 0.667 bits per heavy atom. The fraction of sp³-hybridized carbons (Fsp3) is 0.217. The van der Waals surface area contributed by atoms with Gasteiger partial charge in [0.2, 0.25) is 0 Å². The van der Waals surface area contributed by atoms with Gasteiger partial charge in [-0.2, -0.15) is 0 Å². The summed E-state index contributed by atoms with van der Waals surface area (Å²) in [5.74, 6) is 0.558. The lowest BCUT2D eigenvalue weighted by atomic mass is 10.0. The molecular formula is C23H23N. The van der Waals surface area contributed by atoms with Crippen molar-refractivity contribution in [1.82, 2.24) is 4.57 Å². The maximum Gasteiger partial charge on any atom is 0.0541 e. The van der Waals surface area contributed by atoms with E-state index >= 15 is 0 Å². The van der Waals surface area contributed by atoms with Gasteiger partial charge in [-0.05, 0) is 61.7 Å². The summed E-state index contributed by atoms with van der Waals surface area (Å²) >= 11 is 0. The number of aromatic nitrogens is 1. The van der Waals surface area contributed by atoms with Gasteiger partial charge in [0.25, 0.3) is 0 Å². The first kappa shape index (κ1) is 15.0. The Morgan fingerprint density at radius 3 is 1.62 bits per heavy atom. The highest BCUT2D eigenvalue weighted by atomic mass is 15.0. The SMILES string of the molecule is Cc1ccc2c(c1)c1cc(C)ccc1n2-c1ccc(C(C)C)cc1. The zero-order valence-electron chi connectivity index (χ0n) is 14.8. The molecule has 0 amide bonds. The van der Waals surface area contributed by atoms with Crippen molar-refractivity contribution in [2.24, 2.45) is 0 Å². The van der Waals surface area contributed by atoms with Gasteiger partial charge < -0.3 is 4.57 Å². The van der Waals surface area contributed by atoms with Gasteiger partial charge in [0.1, 0.15) is 0 Å². The monoisotopic (exact) mass is 313 g/mol. The van der Waals surface area contributed by atoms with Crippen molar-refractivity contribution >= 4 is 21.8 Å². The molecule has 0 radical (unpaired) electrons. The van der Waals surface area contributed by atoms with Crippen molar-refractivity contribution in [2.75, 3.05) is 0 Å². The molecule has 24 heavy (non-hydrogen) atoms. The van der Waals surface area contributed by atoms with Gasteiger partial charge in [0, 0.05) is 16.5 Å². The minimum absolute atomic E-state index is 0.558. The van der Waals surface area contributed by atoms with Gasteiger partial charge in [0.15, 0.2) is 0 Å². The molecule has 1 heteroatoms. The molecule has 0 atom stereocenters. The maximum atomic E-state index is 2.38. The zero-order chi connectivity index (χ0) is 16.8. The fourth-order valence-electron chi connectivity index (χ4n) is 3.54. The van der Waals surface area contributed by atoms with Crippen LogP contribution in [0.3, 0.4) is 0 Å². The summed E-state index contributed by atoms with van der Waals surface area (Å²) in [7, 11) is 0. The third kappa shape index (κ3) is 2.32. The van der Waals surface area contributed by atoms with E-state index in [0.29, 0.717) is 5.92 Å². The van der Waals surface area contributed by atoms with Crippen LogP contribution < -0.4 is 0 Å². The minimum Gasteiger partial charge on any atom is -0.309 e. The van der Waals surface area contributed by atoms with Crippen molar-refractivity contribution in [3.05, 3.63) is 77.4 Å². The number of fused-ring (bicyclic) bond motifs is 3. The number of nitrogens with zero attached hydrogens (tertiary/aromatic N) is 1. The third-order valence-corrected chi connectivity index (χ3v) is 4.89. The smallest absolute Gasteiger partial charge is 0.0541 e. The van der Waals surface area contributed by atoms with Crippen LogP contribution >= 0.6 is 0 Å². The van der Waals surface area contributed by atoms with E-state index in [2.05, 4.69) is 92.9 Å². The Hall–Kier alpha value is -2.54. The van der Waals surface area contributed by atoms with Gasteiger partial charge in [-0.15, -0.1) is 0 Å². The van der Waals surface area contributed by atoms with Crippen LogP contribution in [0.1, 0.15) is 36.5 Å². The molecule has 4 aromatic rings. The summed E-state index contributed by atoms with van der Waals surface area (Å²) < 4.78 is 2.38. The average molecular weight is 313 g/mol. The molecule has 1 aromatic heterocycles. The summed E-state index contributed by atoms with van der Waals surface area (Å²) in [6.45, 7) is 8.80. The van der Waals surface area contributed by atoms with Crippen molar-refractivity contribution in [2.45, 2.75) is 33.6 Å². The van der Waals surface area contributed by atoms with Crippen LogP contribution in [0.5, 0.6) is 0 Å². The molecule has 0 saturated carbocycles. The predicted octanol–water partition coefficient (Wildman–Crippen LogP) is 6.52. The lowest BCUT2D eigenvalue weighted by Gasteiger charge is -2.10. The van der Waals surface area contributed by atoms with E-state index < -0.39 is 0 Å². The highest BCUT2D eigenvalue weighted by Crippen LogP contribution is 2.33. The summed E-state index contributed by atoms with van der Waals surface area (Å²) in [6, 6.07) is 22.5. The molecule has 3 aromatic carbocycles. The number of hydrogen-bond acceptors (Lipinski definition) is 0. The Morgan fingerprint density at radius 2 is 1.17 bits per heavy atom. The Kier molecular flexibility index (Phi) is 3.45. The molecule has 0 spiro atoms. The van der Waals surface area contributed by atoms with Crippen LogP contribution in [0.2, 0.25) is 0 Å². The molecule has 0 N–H and O–H groups in total. The van der Waals surface area contributed by atoms with Crippen LogP contribution in [-0.4, -0.2) is 4.57 Å². The Balaban J connectivity index is 2.06. The lowest BCUT2D eigenvalue weighted by Crippen LogP contribution is -1.95. The van der Waals surface area contributed by atoms with Gasteiger partial charge in [-0.25, -0.2) is 0 Å². The molecule has 4 rings (SSSR count). The molecule has 0 aliphatic rings. The second-order valence-corrected chi connectivity index (χ2v) is 7.12. The predicted molar refractivity (Wildman–Crippen MR) is 104 cm³/mol. The molecule has 0 unspecified atom stereocenters. The number of benzene rings is 3. The summed E-state index contributed by atoms with van der Waals surface area (Å²) in [4.78, 5) is 0. The lowest BCUT2D eigenvalue weighted by molar-refractivity contribution is 0.866. The van der Waals surface area contributed by atoms with E-state index in [1.807, 2.05) is 0 Å². The van der Waals surface area contributed by atoms with Crippen LogP contribution in [0.4, 0.5) is 0 Å². The van der Waals surface area contributed by atoms with Crippen LogP contribution in [0, 0.1) is 13.8 Å². The quantitative estimate of drug-likeness (QED) is 0.397. The molecule has 0 bridgehead atoms. The van der Waals surface area contributed by atoms with E-state index in [0.717, 1.165) is 0 Å². The second kappa shape index (κ2) is 5.52. The van der Waals surface area contributed by atoms with Gasteiger partial charge in [-0.1, -0.05) is 49.2 Å². The largest absolute Gasteiger partial charge is 0.309 e. The molecule has 0 fully saturated rings. The molecule has 1 heterocycles. The van der Waals surface area contributed by atoms with Crippen LogP contribution in [0.25, 0.3) is 27.5 Å². The van der Waals surface area contributed by atoms with E-state index in [1.54, 1.807) is 0 Å². The first-order chi connectivity index (χ1) is 11.5. The highest BCUT2D eigenvalue weighted by molar-refractivity contribution is 6.09.